The Bertz CT molecular complexity index is 307. The van der Waals surface area contributed by atoms with Crippen LogP contribution in [0.4, 0.5) is 5.82 Å². The summed E-state index contributed by atoms with van der Waals surface area (Å²) in [6, 6.07) is 3.85. The van der Waals surface area contributed by atoms with Crippen LogP contribution in [0.5, 0.6) is 0 Å². The van der Waals surface area contributed by atoms with Crippen molar-refractivity contribution in [2.75, 3.05) is 32.2 Å². The molecule has 0 aliphatic heterocycles. The van der Waals surface area contributed by atoms with Crippen molar-refractivity contribution in [3.8, 4) is 0 Å². The van der Waals surface area contributed by atoms with E-state index in [9.17, 15) is 0 Å². The van der Waals surface area contributed by atoms with E-state index in [0.29, 0.717) is 6.61 Å². The lowest BCUT2D eigenvalue weighted by Crippen LogP contribution is -2.23. The van der Waals surface area contributed by atoms with E-state index in [1.165, 1.54) is 0 Å². The molecule has 4 heteroatoms. The molecule has 1 rings (SSSR count). The number of anilines is 1. The molecule has 1 aromatic heterocycles. The van der Waals surface area contributed by atoms with Gasteiger partial charge in [0.1, 0.15) is 5.82 Å². The van der Waals surface area contributed by atoms with Crippen molar-refractivity contribution in [2.24, 2.45) is 0 Å². The second kappa shape index (κ2) is 6.45. The Kier molecular flexibility index (Phi) is 5.22. The van der Waals surface area contributed by atoms with Gasteiger partial charge in [-0.25, -0.2) is 4.98 Å². The van der Waals surface area contributed by atoms with Crippen LogP contribution >= 0.6 is 0 Å². The summed E-state index contributed by atoms with van der Waals surface area (Å²) in [6.45, 7) is 3.58. The summed E-state index contributed by atoms with van der Waals surface area (Å²) in [5.41, 5.74) is 1.91. The zero-order valence-electron chi connectivity index (χ0n) is 10.2. The van der Waals surface area contributed by atoms with Crippen LogP contribution in [0.1, 0.15) is 18.2 Å². The van der Waals surface area contributed by atoms with Crippen LogP contribution < -0.4 is 4.90 Å². The van der Waals surface area contributed by atoms with Gasteiger partial charge in [0.2, 0.25) is 0 Å². The van der Waals surface area contributed by atoms with E-state index in [1.807, 2.05) is 24.1 Å². The maximum absolute atomic E-state index is 9.17. The Morgan fingerprint density at radius 2 is 2.19 bits per heavy atom. The third-order valence-corrected chi connectivity index (χ3v) is 2.49. The Labute approximate surface area is 96.9 Å². The molecule has 0 atom stereocenters. The van der Waals surface area contributed by atoms with Crippen LogP contribution in [0.25, 0.3) is 0 Å². The van der Waals surface area contributed by atoms with Crippen LogP contribution in [0.15, 0.2) is 12.1 Å². The molecule has 16 heavy (non-hydrogen) atoms. The number of aliphatic hydroxyl groups excluding tert-OH is 1. The number of ether oxygens (including phenoxy) is 1. The van der Waals surface area contributed by atoms with E-state index in [2.05, 4.69) is 11.9 Å². The Hall–Kier alpha value is -1.13. The third-order valence-electron chi connectivity index (χ3n) is 2.49. The monoisotopic (exact) mass is 224 g/mol. The number of aliphatic hydroxyl groups is 1. The van der Waals surface area contributed by atoms with Crippen LogP contribution in [-0.2, 0) is 17.8 Å². The average molecular weight is 224 g/mol. The quantitative estimate of drug-likeness (QED) is 0.789. The van der Waals surface area contributed by atoms with Gasteiger partial charge in [0.05, 0.1) is 13.2 Å². The van der Waals surface area contributed by atoms with E-state index in [-0.39, 0.29) is 6.61 Å². The minimum absolute atomic E-state index is 0.0562. The Morgan fingerprint density at radius 1 is 1.44 bits per heavy atom. The zero-order chi connectivity index (χ0) is 12.0. The molecule has 0 amide bonds. The molecule has 1 aromatic rings. The summed E-state index contributed by atoms with van der Waals surface area (Å²) in [6.07, 6.45) is 0.874. The molecule has 1 N–H and O–H groups in total. The van der Waals surface area contributed by atoms with Gasteiger partial charge in [-0.3, -0.25) is 0 Å². The number of nitrogens with zero attached hydrogens (tertiary/aromatic N) is 2. The SMILES string of the molecule is CCc1cc(CO)cc(N(C)CCOC)n1. The van der Waals surface area contributed by atoms with E-state index < -0.39 is 0 Å². The zero-order valence-corrected chi connectivity index (χ0v) is 10.2. The normalized spacial score (nSPS) is 10.5. The third kappa shape index (κ3) is 3.47. The summed E-state index contributed by atoms with van der Waals surface area (Å²) in [7, 11) is 3.66. The molecule has 1 heterocycles. The highest BCUT2D eigenvalue weighted by Gasteiger charge is 2.05. The van der Waals surface area contributed by atoms with Crippen molar-refractivity contribution in [2.45, 2.75) is 20.0 Å². The predicted octanol–water partition coefficient (Wildman–Crippen LogP) is 1.22. The predicted molar refractivity (Wildman–Crippen MR) is 64.7 cm³/mol. The van der Waals surface area contributed by atoms with Crippen LogP contribution in [0.2, 0.25) is 0 Å². The fourth-order valence-corrected chi connectivity index (χ4v) is 1.44. The largest absolute Gasteiger partial charge is 0.392 e. The second-order valence-electron chi connectivity index (χ2n) is 3.75. The molecule has 0 saturated carbocycles. The van der Waals surface area contributed by atoms with Crippen LogP contribution in [0.3, 0.4) is 0 Å². The van der Waals surface area contributed by atoms with Crippen molar-refractivity contribution in [3.05, 3.63) is 23.4 Å². The first kappa shape index (κ1) is 12.9. The van der Waals surface area contributed by atoms with Gasteiger partial charge in [0.15, 0.2) is 0 Å². The molecule has 0 saturated heterocycles. The molecule has 0 radical (unpaired) electrons. The number of hydrogen-bond donors (Lipinski definition) is 1. The number of likely N-dealkylation sites (N-methyl/N-ethyl adjacent to an activating group) is 1. The highest BCUT2D eigenvalue weighted by Crippen LogP contribution is 2.14. The van der Waals surface area contributed by atoms with Crippen molar-refractivity contribution < 1.29 is 9.84 Å². The molecule has 0 bridgehead atoms. The van der Waals surface area contributed by atoms with Crippen molar-refractivity contribution in [3.63, 3.8) is 0 Å². The lowest BCUT2D eigenvalue weighted by Gasteiger charge is -2.19. The van der Waals surface area contributed by atoms with Crippen molar-refractivity contribution in [1.82, 2.24) is 4.98 Å². The number of aromatic nitrogens is 1. The molecule has 90 valence electrons. The van der Waals surface area contributed by atoms with Crippen LogP contribution in [0, 0.1) is 0 Å². The molecular formula is C12H20N2O2. The van der Waals surface area contributed by atoms with Crippen LogP contribution in [-0.4, -0.2) is 37.4 Å². The minimum atomic E-state index is 0.0562. The lowest BCUT2D eigenvalue weighted by molar-refractivity contribution is 0.206. The van der Waals surface area contributed by atoms with E-state index in [4.69, 9.17) is 9.84 Å². The Balaban J connectivity index is 2.85. The molecular weight excluding hydrogens is 204 g/mol. The average Bonchev–Trinajstić information content (AvgIpc) is 2.35. The second-order valence-corrected chi connectivity index (χ2v) is 3.75. The van der Waals surface area contributed by atoms with Gasteiger partial charge in [-0.05, 0) is 24.1 Å². The topological polar surface area (TPSA) is 45.6 Å². The van der Waals surface area contributed by atoms with E-state index in [1.54, 1.807) is 7.11 Å². The number of hydrogen-bond acceptors (Lipinski definition) is 4. The standard InChI is InChI=1S/C12H20N2O2/c1-4-11-7-10(9-15)8-12(13-11)14(2)5-6-16-3/h7-8,15H,4-6,9H2,1-3H3. The number of pyridine rings is 1. The highest BCUT2D eigenvalue weighted by atomic mass is 16.5. The summed E-state index contributed by atoms with van der Waals surface area (Å²) < 4.78 is 5.03. The van der Waals surface area contributed by atoms with E-state index >= 15 is 0 Å². The fraction of sp³-hybridized carbons (Fsp3) is 0.583. The summed E-state index contributed by atoms with van der Waals surface area (Å²) in [5.74, 6) is 0.889. The molecule has 0 aliphatic carbocycles. The number of aryl methyl sites for hydroxylation is 1. The first-order valence-corrected chi connectivity index (χ1v) is 5.52. The molecule has 0 aromatic carbocycles. The molecule has 0 aliphatic rings. The summed E-state index contributed by atoms with van der Waals surface area (Å²) >= 11 is 0. The molecule has 0 spiro atoms. The summed E-state index contributed by atoms with van der Waals surface area (Å²) in [4.78, 5) is 6.54. The molecule has 4 nitrogen and oxygen atoms in total. The smallest absolute Gasteiger partial charge is 0.128 e. The Morgan fingerprint density at radius 3 is 2.75 bits per heavy atom. The first-order chi connectivity index (χ1) is 7.71. The number of methoxy groups -OCH3 is 1. The van der Waals surface area contributed by atoms with Gasteiger partial charge in [0, 0.05) is 26.4 Å². The lowest BCUT2D eigenvalue weighted by atomic mass is 10.2. The van der Waals surface area contributed by atoms with Gasteiger partial charge in [-0.2, -0.15) is 0 Å². The minimum Gasteiger partial charge on any atom is -0.392 e. The maximum Gasteiger partial charge on any atom is 0.128 e. The van der Waals surface area contributed by atoms with E-state index in [0.717, 1.165) is 30.0 Å². The van der Waals surface area contributed by atoms with Gasteiger partial charge >= 0.3 is 0 Å². The van der Waals surface area contributed by atoms with Crippen molar-refractivity contribution >= 4 is 5.82 Å². The first-order valence-electron chi connectivity index (χ1n) is 5.52. The number of rotatable bonds is 6. The van der Waals surface area contributed by atoms with Gasteiger partial charge in [-0.1, -0.05) is 6.92 Å². The van der Waals surface area contributed by atoms with Gasteiger partial charge in [-0.15, -0.1) is 0 Å². The fourth-order valence-electron chi connectivity index (χ4n) is 1.44. The molecule has 0 fully saturated rings. The molecule has 0 unspecified atom stereocenters. The summed E-state index contributed by atoms with van der Waals surface area (Å²) in [5, 5.41) is 9.17. The van der Waals surface area contributed by atoms with Gasteiger partial charge in [0.25, 0.3) is 0 Å². The highest BCUT2D eigenvalue weighted by molar-refractivity contribution is 5.41. The maximum atomic E-state index is 9.17. The van der Waals surface area contributed by atoms with Gasteiger partial charge < -0.3 is 14.7 Å². The van der Waals surface area contributed by atoms with Crippen molar-refractivity contribution in [1.29, 1.82) is 0 Å².